The zero-order valence-corrected chi connectivity index (χ0v) is 10.1. The SMILES string of the molecule is NC(=O)c1ncn(Cc2c(Cl)cccc2Cl)n1. The van der Waals surface area contributed by atoms with Gasteiger partial charge in [-0.15, -0.1) is 5.10 Å². The van der Waals surface area contributed by atoms with E-state index in [0.29, 0.717) is 16.6 Å². The number of halogens is 2. The molecular formula is C10H8Cl2N4O. The zero-order valence-electron chi connectivity index (χ0n) is 8.60. The Bertz CT molecular complexity index is 547. The molecule has 2 N–H and O–H groups in total. The molecule has 0 fully saturated rings. The minimum absolute atomic E-state index is 0.0341. The van der Waals surface area contributed by atoms with Crippen molar-refractivity contribution in [2.45, 2.75) is 6.54 Å². The van der Waals surface area contributed by atoms with Crippen molar-refractivity contribution in [3.05, 3.63) is 46.0 Å². The van der Waals surface area contributed by atoms with E-state index in [1.807, 2.05) is 0 Å². The number of nitrogens with zero attached hydrogens (tertiary/aromatic N) is 3. The van der Waals surface area contributed by atoms with E-state index >= 15 is 0 Å². The summed E-state index contributed by atoms with van der Waals surface area (Å²) >= 11 is 12.0. The highest BCUT2D eigenvalue weighted by Gasteiger charge is 2.10. The summed E-state index contributed by atoms with van der Waals surface area (Å²) < 4.78 is 1.45. The highest BCUT2D eigenvalue weighted by molar-refractivity contribution is 6.35. The van der Waals surface area contributed by atoms with Crippen LogP contribution < -0.4 is 5.73 Å². The number of rotatable bonds is 3. The summed E-state index contributed by atoms with van der Waals surface area (Å²) in [5.74, 6) is -0.706. The summed E-state index contributed by atoms with van der Waals surface area (Å²) in [6, 6.07) is 5.22. The van der Waals surface area contributed by atoms with Gasteiger partial charge in [0.25, 0.3) is 5.91 Å². The Hall–Kier alpha value is -1.59. The number of aromatic nitrogens is 3. The van der Waals surface area contributed by atoms with Gasteiger partial charge in [-0.25, -0.2) is 9.67 Å². The molecule has 0 saturated heterocycles. The largest absolute Gasteiger partial charge is 0.363 e. The number of hydrogen-bond donors (Lipinski definition) is 1. The van der Waals surface area contributed by atoms with Crippen molar-refractivity contribution < 1.29 is 4.79 Å². The number of nitrogens with two attached hydrogens (primary N) is 1. The van der Waals surface area contributed by atoms with Crippen LogP contribution >= 0.6 is 23.2 Å². The van der Waals surface area contributed by atoms with Crippen LogP contribution in [-0.4, -0.2) is 20.7 Å². The molecule has 0 aliphatic carbocycles. The second kappa shape index (κ2) is 4.73. The number of benzene rings is 1. The van der Waals surface area contributed by atoms with Crippen molar-refractivity contribution in [2.75, 3.05) is 0 Å². The molecule has 0 unspecified atom stereocenters. The minimum Gasteiger partial charge on any atom is -0.363 e. The highest BCUT2D eigenvalue weighted by atomic mass is 35.5. The fraction of sp³-hybridized carbons (Fsp3) is 0.100. The van der Waals surface area contributed by atoms with Gasteiger partial charge in [0.05, 0.1) is 6.54 Å². The van der Waals surface area contributed by atoms with Gasteiger partial charge in [0.2, 0.25) is 5.82 Å². The van der Waals surface area contributed by atoms with E-state index in [-0.39, 0.29) is 5.82 Å². The maximum absolute atomic E-state index is 10.8. The lowest BCUT2D eigenvalue weighted by molar-refractivity contribution is 0.0990. The summed E-state index contributed by atoms with van der Waals surface area (Å²) in [4.78, 5) is 14.6. The maximum Gasteiger partial charge on any atom is 0.288 e. The molecular weight excluding hydrogens is 263 g/mol. The molecule has 1 aromatic heterocycles. The molecule has 0 saturated carbocycles. The van der Waals surface area contributed by atoms with Gasteiger partial charge in [0.1, 0.15) is 6.33 Å². The lowest BCUT2D eigenvalue weighted by Crippen LogP contribution is -2.14. The Morgan fingerprint density at radius 3 is 2.53 bits per heavy atom. The Kier molecular flexibility index (Phi) is 3.31. The highest BCUT2D eigenvalue weighted by Crippen LogP contribution is 2.24. The molecule has 0 aliphatic rings. The second-order valence-electron chi connectivity index (χ2n) is 3.33. The van der Waals surface area contributed by atoms with Crippen LogP contribution in [0.25, 0.3) is 0 Å². The summed E-state index contributed by atoms with van der Waals surface area (Å²) in [5, 5.41) is 4.97. The van der Waals surface area contributed by atoms with Crippen molar-refractivity contribution >= 4 is 29.1 Å². The summed E-state index contributed by atoms with van der Waals surface area (Å²) in [7, 11) is 0. The Morgan fingerprint density at radius 1 is 1.35 bits per heavy atom. The van der Waals surface area contributed by atoms with E-state index in [1.54, 1.807) is 18.2 Å². The van der Waals surface area contributed by atoms with Gasteiger partial charge in [-0.2, -0.15) is 0 Å². The summed E-state index contributed by atoms with van der Waals surface area (Å²) in [6.07, 6.45) is 1.40. The van der Waals surface area contributed by atoms with Crippen molar-refractivity contribution in [1.82, 2.24) is 14.8 Å². The van der Waals surface area contributed by atoms with Crippen LogP contribution in [0.2, 0.25) is 10.0 Å². The first-order chi connectivity index (χ1) is 8.08. The van der Waals surface area contributed by atoms with Crippen molar-refractivity contribution in [2.24, 2.45) is 5.73 Å². The standard InChI is InChI=1S/C10H8Cl2N4O/c11-7-2-1-3-8(12)6(7)4-16-5-14-10(15-16)9(13)17/h1-3,5H,4H2,(H2,13,17). The van der Waals surface area contributed by atoms with Crippen LogP contribution in [0, 0.1) is 0 Å². The molecule has 0 atom stereocenters. The topological polar surface area (TPSA) is 73.8 Å². The quantitative estimate of drug-likeness (QED) is 0.923. The first kappa shape index (κ1) is 11.9. The Labute approximate surface area is 107 Å². The first-order valence-electron chi connectivity index (χ1n) is 4.70. The minimum atomic E-state index is -0.672. The van der Waals surface area contributed by atoms with E-state index in [9.17, 15) is 4.79 Å². The average Bonchev–Trinajstić information content (AvgIpc) is 2.72. The van der Waals surface area contributed by atoms with Crippen LogP contribution in [0.1, 0.15) is 16.2 Å². The molecule has 1 amide bonds. The van der Waals surface area contributed by atoms with Crippen LogP contribution in [-0.2, 0) is 6.54 Å². The maximum atomic E-state index is 10.8. The van der Waals surface area contributed by atoms with E-state index in [4.69, 9.17) is 28.9 Å². The molecule has 2 aromatic rings. The third-order valence-electron chi connectivity index (χ3n) is 2.14. The molecule has 0 spiro atoms. The molecule has 1 aromatic carbocycles. The lowest BCUT2D eigenvalue weighted by Gasteiger charge is -2.05. The molecule has 0 bridgehead atoms. The van der Waals surface area contributed by atoms with Gasteiger partial charge in [-0.3, -0.25) is 4.79 Å². The smallest absolute Gasteiger partial charge is 0.288 e. The number of carbonyl (C=O) groups excluding carboxylic acids is 1. The van der Waals surface area contributed by atoms with Gasteiger partial charge >= 0.3 is 0 Å². The predicted molar refractivity (Wildman–Crippen MR) is 64.1 cm³/mol. The Balaban J connectivity index is 2.28. The number of amides is 1. The van der Waals surface area contributed by atoms with E-state index < -0.39 is 5.91 Å². The average molecular weight is 271 g/mol. The molecule has 5 nitrogen and oxygen atoms in total. The lowest BCUT2D eigenvalue weighted by atomic mass is 10.2. The molecule has 88 valence electrons. The van der Waals surface area contributed by atoms with E-state index in [1.165, 1.54) is 11.0 Å². The van der Waals surface area contributed by atoms with Gasteiger partial charge in [-0.1, -0.05) is 29.3 Å². The van der Waals surface area contributed by atoms with Crippen LogP contribution in [0.3, 0.4) is 0 Å². The Morgan fingerprint density at radius 2 is 2.00 bits per heavy atom. The fourth-order valence-corrected chi connectivity index (χ4v) is 1.85. The van der Waals surface area contributed by atoms with Crippen LogP contribution in [0.5, 0.6) is 0 Å². The molecule has 17 heavy (non-hydrogen) atoms. The molecule has 7 heteroatoms. The third-order valence-corrected chi connectivity index (χ3v) is 2.85. The van der Waals surface area contributed by atoms with Crippen LogP contribution in [0.4, 0.5) is 0 Å². The van der Waals surface area contributed by atoms with Crippen molar-refractivity contribution in [1.29, 1.82) is 0 Å². The molecule has 1 heterocycles. The first-order valence-corrected chi connectivity index (χ1v) is 5.45. The van der Waals surface area contributed by atoms with Gasteiger partial charge in [0, 0.05) is 15.6 Å². The number of primary amides is 1. The third kappa shape index (κ3) is 2.57. The normalized spacial score (nSPS) is 10.5. The molecule has 0 aliphatic heterocycles. The monoisotopic (exact) mass is 270 g/mol. The summed E-state index contributed by atoms with van der Waals surface area (Å²) in [5.41, 5.74) is 5.77. The zero-order chi connectivity index (χ0) is 12.4. The van der Waals surface area contributed by atoms with Crippen molar-refractivity contribution in [3.63, 3.8) is 0 Å². The van der Waals surface area contributed by atoms with Gasteiger partial charge < -0.3 is 5.73 Å². The summed E-state index contributed by atoms with van der Waals surface area (Å²) in [6.45, 7) is 0.332. The van der Waals surface area contributed by atoms with Gasteiger partial charge in [0.15, 0.2) is 0 Å². The molecule has 2 rings (SSSR count). The number of carbonyl (C=O) groups is 1. The fourth-order valence-electron chi connectivity index (χ4n) is 1.33. The van der Waals surface area contributed by atoms with Crippen molar-refractivity contribution in [3.8, 4) is 0 Å². The second-order valence-corrected chi connectivity index (χ2v) is 4.14. The van der Waals surface area contributed by atoms with E-state index in [2.05, 4.69) is 10.1 Å². The van der Waals surface area contributed by atoms with E-state index in [0.717, 1.165) is 5.56 Å². The van der Waals surface area contributed by atoms with Gasteiger partial charge in [-0.05, 0) is 12.1 Å². The number of hydrogen-bond acceptors (Lipinski definition) is 3. The predicted octanol–water partition coefficient (Wildman–Crippen LogP) is 1.73. The van der Waals surface area contributed by atoms with Crippen LogP contribution in [0.15, 0.2) is 24.5 Å². The molecule has 0 radical (unpaired) electrons.